The summed E-state index contributed by atoms with van der Waals surface area (Å²) in [5.41, 5.74) is -0.110. The summed E-state index contributed by atoms with van der Waals surface area (Å²) in [7, 11) is 1.94. The van der Waals surface area contributed by atoms with Crippen LogP contribution in [0.2, 0.25) is 0 Å². The van der Waals surface area contributed by atoms with Crippen molar-refractivity contribution < 1.29 is 5.11 Å². The molecule has 0 aliphatic rings. The minimum atomic E-state index is -0.110. The molecule has 3 heteroatoms. The molecule has 0 spiro atoms. The van der Waals surface area contributed by atoms with E-state index in [4.69, 9.17) is 0 Å². The summed E-state index contributed by atoms with van der Waals surface area (Å²) in [6.07, 6.45) is 6.04. The molecule has 0 bridgehead atoms. The molecule has 3 nitrogen and oxygen atoms in total. The number of nitrogens with one attached hydrogen (secondary N) is 1. The van der Waals surface area contributed by atoms with Gasteiger partial charge < -0.3 is 15.3 Å². The minimum absolute atomic E-state index is 0.110. The van der Waals surface area contributed by atoms with Gasteiger partial charge in [0.05, 0.1) is 6.61 Å². The van der Waals surface area contributed by atoms with Gasteiger partial charge in [0.1, 0.15) is 0 Å². The molecule has 0 aliphatic heterocycles. The van der Waals surface area contributed by atoms with Crippen molar-refractivity contribution in [2.24, 2.45) is 11.8 Å². The van der Waals surface area contributed by atoms with Gasteiger partial charge in [-0.1, -0.05) is 34.1 Å². The Kier molecular flexibility index (Phi) is 11.4. The van der Waals surface area contributed by atoms with E-state index < -0.39 is 0 Å². The maximum absolute atomic E-state index is 9.41. The Morgan fingerprint density at radius 2 is 1.48 bits per heavy atom. The minimum Gasteiger partial charge on any atom is -0.394 e. The van der Waals surface area contributed by atoms with Gasteiger partial charge in [-0.3, -0.25) is 0 Å². The standard InChI is InChI=1S/C18H40N2O/c1-16(2)9-13-20(14-10-17(3)4)12-8-7-11-18(5,15-21)19-6/h16-17,19,21H,7-15H2,1-6H3. The van der Waals surface area contributed by atoms with Gasteiger partial charge >= 0.3 is 0 Å². The molecule has 128 valence electrons. The SMILES string of the molecule is CNC(C)(CO)CCCCN(CCC(C)C)CCC(C)C. The zero-order valence-electron chi connectivity index (χ0n) is 15.4. The fraction of sp³-hybridized carbons (Fsp3) is 1.00. The number of hydrogen-bond donors (Lipinski definition) is 2. The summed E-state index contributed by atoms with van der Waals surface area (Å²) in [5.74, 6) is 1.57. The maximum atomic E-state index is 9.41. The molecular formula is C18H40N2O. The molecule has 0 saturated carbocycles. The Balaban J connectivity index is 4.03. The van der Waals surface area contributed by atoms with E-state index in [1.165, 1.54) is 45.3 Å². The van der Waals surface area contributed by atoms with Gasteiger partial charge in [0.15, 0.2) is 0 Å². The molecule has 0 fully saturated rings. The number of nitrogens with zero attached hydrogens (tertiary/aromatic N) is 1. The maximum Gasteiger partial charge on any atom is 0.0610 e. The van der Waals surface area contributed by atoms with E-state index in [0.717, 1.165) is 18.3 Å². The van der Waals surface area contributed by atoms with E-state index in [1.807, 2.05) is 7.05 Å². The van der Waals surface area contributed by atoms with Crippen molar-refractivity contribution in [1.29, 1.82) is 0 Å². The highest BCUT2D eigenvalue weighted by atomic mass is 16.3. The van der Waals surface area contributed by atoms with Gasteiger partial charge in [-0.25, -0.2) is 0 Å². The Morgan fingerprint density at radius 3 is 1.86 bits per heavy atom. The molecule has 0 rings (SSSR count). The van der Waals surface area contributed by atoms with Gasteiger partial charge in [-0.15, -0.1) is 0 Å². The lowest BCUT2D eigenvalue weighted by atomic mass is 9.96. The number of likely N-dealkylation sites (N-methyl/N-ethyl adjacent to an activating group) is 1. The van der Waals surface area contributed by atoms with Crippen molar-refractivity contribution in [2.75, 3.05) is 33.3 Å². The molecule has 2 N–H and O–H groups in total. The van der Waals surface area contributed by atoms with Gasteiger partial charge in [-0.05, 0) is 71.1 Å². The summed E-state index contributed by atoms with van der Waals surface area (Å²) in [5, 5.41) is 12.6. The van der Waals surface area contributed by atoms with Crippen molar-refractivity contribution >= 4 is 0 Å². The zero-order chi connectivity index (χ0) is 16.3. The second-order valence-corrected chi connectivity index (χ2v) is 7.63. The number of unbranched alkanes of at least 4 members (excludes halogenated alkanes) is 1. The Labute approximate surface area is 133 Å². The van der Waals surface area contributed by atoms with E-state index in [2.05, 4.69) is 44.8 Å². The number of hydrogen-bond acceptors (Lipinski definition) is 3. The van der Waals surface area contributed by atoms with Crippen molar-refractivity contribution in [3.05, 3.63) is 0 Å². The Hall–Kier alpha value is -0.120. The molecule has 0 aliphatic carbocycles. The van der Waals surface area contributed by atoms with Crippen LogP contribution in [0.15, 0.2) is 0 Å². The van der Waals surface area contributed by atoms with E-state index in [9.17, 15) is 5.11 Å². The number of rotatable bonds is 13. The van der Waals surface area contributed by atoms with Gasteiger partial charge in [0.25, 0.3) is 0 Å². The molecule has 1 atom stereocenters. The molecule has 1 unspecified atom stereocenters. The first-order chi connectivity index (χ1) is 9.83. The molecular weight excluding hydrogens is 260 g/mol. The molecule has 21 heavy (non-hydrogen) atoms. The quantitative estimate of drug-likeness (QED) is 0.511. The predicted molar refractivity (Wildman–Crippen MR) is 93.8 cm³/mol. The molecule has 0 aromatic rings. The highest BCUT2D eigenvalue weighted by Crippen LogP contribution is 2.14. The molecule has 0 amide bonds. The summed E-state index contributed by atoms with van der Waals surface area (Å²) in [6, 6.07) is 0. The lowest BCUT2D eigenvalue weighted by molar-refractivity contribution is 0.167. The van der Waals surface area contributed by atoms with Gasteiger partial charge in [0, 0.05) is 5.54 Å². The predicted octanol–water partition coefficient (Wildman–Crippen LogP) is 3.52. The highest BCUT2D eigenvalue weighted by molar-refractivity contribution is 4.80. The third-order valence-corrected chi connectivity index (χ3v) is 4.45. The lowest BCUT2D eigenvalue weighted by Crippen LogP contribution is -2.43. The second-order valence-electron chi connectivity index (χ2n) is 7.63. The average Bonchev–Trinajstić information content (AvgIpc) is 2.44. The van der Waals surface area contributed by atoms with Crippen LogP contribution in [-0.4, -0.2) is 48.8 Å². The highest BCUT2D eigenvalue weighted by Gasteiger charge is 2.19. The first-order valence-corrected chi connectivity index (χ1v) is 8.85. The fourth-order valence-electron chi connectivity index (χ4n) is 2.35. The molecule has 0 radical (unpaired) electrons. The molecule has 0 heterocycles. The first kappa shape index (κ1) is 20.9. The first-order valence-electron chi connectivity index (χ1n) is 8.85. The van der Waals surface area contributed by atoms with Crippen LogP contribution in [0.4, 0.5) is 0 Å². The van der Waals surface area contributed by atoms with Crippen LogP contribution < -0.4 is 5.32 Å². The zero-order valence-corrected chi connectivity index (χ0v) is 15.4. The van der Waals surface area contributed by atoms with Crippen LogP contribution in [0.3, 0.4) is 0 Å². The van der Waals surface area contributed by atoms with Crippen molar-refractivity contribution in [3.8, 4) is 0 Å². The summed E-state index contributed by atoms with van der Waals surface area (Å²) in [4.78, 5) is 2.63. The number of aliphatic hydroxyl groups is 1. The largest absolute Gasteiger partial charge is 0.394 e. The van der Waals surface area contributed by atoms with Crippen molar-refractivity contribution in [1.82, 2.24) is 10.2 Å². The Bertz CT molecular complexity index is 225. The van der Waals surface area contributed by atoms with E-state index >= 15 is 0 Å². The second kappa shape index (κ2) is 11.4. The van der Waals surface area contributed by atoms with Crippen LogP contribution >= 0.6 is 0 Å². The van der Waals surface area contributed by atoms with Crippen molar-refractivity contribution in [3.63, 3.8) is 0 Å². The topological polar surface area (TPSA) is 35.5 Å². The fourth-order valence-corrected chi connectivity index (χ4v) is 2.35. The smallest absolute Gasteiger partial charge is 0.0610 e. The Morgan fingerprint density at radius 1 is 0.952 bits per heavy atom. The van der Waals surface area contributed by atoms with E-state index in [0.29, 0.717) is 0 Å². The normalized spacial score (nSPS) is 15.1. The summed E-state index contributed by atoms with van der Waals surface area (Å²) in [6.45, 7) is 15.2. The van der Waals surface area contributed by atoms with Crippen molar-refractivity contribution in [2.45, 2.75) is 72.3 Å². The van der Waals surface area contributed by atoms with Crippen LogP contribution in [0.25, 0.3) is 0 Å². The van der Waals surface area contributed by atoms with Crippen LogP contribution in [0.5, 0.6) is 0 Å². The van der Waals surface area contributed by atoms with Gasteiger partial charge in [-0.2, -0.15) is 0 Å². The molecule has 0 saturated heterocycles. The third kappa shape index (κ3) is 11.1. The number of aliphatic hydroxyl groups excluding tert-OH is 1. The third-order valence-electron chi connectivity index (χ3n) is 4.45. The molecule has 0 aromatic carbocycles. The van der Waals surface area contributed by atoms with E-state index in [-0.39, 0.29) is 12.1 Å². The van der Waals surface area contributed by atoms with Gasteiger partial charge in [0.2, 0.25) is 0 Å². The van der Waals surface area contributed by atoms with Crippen LogP contribution in [0, 0.1) is 11.8 Å². The average molecular weight is 301 g/mol. The van der Waals surface area contributed by atoms with Crippen LogP contribution in [0.1, 0.15) is 66.7 Å². The monoisotopic (exact) mass is 300 g/mol. The van der Waals surface area contributed by atoms with E-state index in [1.54, 1.807) is 0 Å². The summed E-state index contributed by atoms with van der Waals surface area (Å²) < 4.78 is 0. The molecule has 0 aromatic heterocycles. The lowest BCUT2D eigenvalue weighted by Gasteiger charge is -2.28. The summed E-state index contributed by atoms with van der Waals surface area (Å²) >= 11 is 0. The van der Waals surface area contributed by atoms with Crippen LogP contribution in [-0.2, 0) is 0 Å².